The number of phenols is 2. The van der Waals surface area contributed by atoms with Gasteiger partial charge in [-0.3, -0.25) is 4.79 Å². The van der Waals surface area contributed by atoms with Crippen LogP contribution in [0.3, 0.4) is 0 Å². The molecule has 0 saturated heterocycles. The molecule has 0 amide bonds. The number of Topliss-reactive ketones (excluding diaryl/α,β-unsaturated/α-hetero) is 1. The number of aromatic hydroxyl groups is 2. The molecule has 1 unspecified atom stereocenters. The van der Waals surface area contributed by atoms with Crippen LogP contribution in [-0.4, -0.2) is 80.0 Å². The van der Waals surface area contributed by atoms with Crippen LogP contribution in [-0.2, 0) is 4.79 Å². The first-order valence-corrected chi connectivity index (χ1v) is 16.4. The number of carbonyl (C=O) groups is 1. The lowest BCUT2D eigenvalue weighted by atomic mass is 9.74. The summed E-state index contributed by atoms with van der Waals surface area (Å²) < 4.78 is 1.01. The number of aliphatic hydroxyl groups excluding tert-OH is 1. The Hall–Kier alpha value is -3.19. The first kappa shape index (κ1) is 34.3. The Kier molecular flexibility index (Phi) is 12.8. The summed E-state index contributed by atoms with van der Waals surface area (Å²) in [6.07, 6.45) is 11.6. The summed E-state index contributed by atoms with van der Waals surface area (Å²) in [6.45, 7) is 8.38. The van der Waals surface area contributed by atoms with Crippen molar-refractivity contribution in [1.82, 2.24) is 0 Å². The number of quaternary nitrogens is 1. The molecule has 0 bridgehead atoms. The van der Waals surface area contributed by atoms with Crippen molar-refractivity contribution in [3.63, 3.8) is 0 Å². The number of rotatable bonds is 19. The number of aliphatic hydroxyl groups is 1. The third-order valence-corrected chi connectivity index (χ3v) is 8.54. The van der Waals surface area contributed by atoms with E-state index in [0.717, 1.165) is 68.3 Å². The van der Waals surface area contributed by atoms with Gasteiger partial charge < -0.3 is 29.6 Å². The van der Waals surface area contributed by atoms with Gasteiger partial charge in [0, 0.05) is 50.2 Å². The molecular weight excluding hydrogens is 538 g/mol. The second kappa shape index (κ2) is 16.0. The summed E-state index contributed by atoms with van der Waals surface area (Å²) in [4.78, 5) is 17.6. The van der Waals surface area contributed by atoms with Gasteiger partial charge in [0.25, 0.3) is 0 Å². The first-order chi connectivity index (χ1) is 20.5. The zero-order valence-corrected chi connectivity index (χ0v) is 27.5. The van der Waals surface area contributed by atoms with E-state index in [4.69, 9.17) is 0 Å². The molecular formula is C36H56N3O4+. The van der Waals surface area contributed by atoms with Gasteiger partial charge in [0.2, 0.25) is 0 Å². The van der Waals surface area contributed by atoms with Gasteiger partial charge in [-0.05, 0) is 49.8 Å². The number of allylic oxidation sites excluding steroid dienone is 2. The Morgan fingerprint density at radius 2 is 1.26 bits per heavy atom. The Balaban J connectivity index is 1.61. The molecule has 1 atom stereocenters. The highest BCUT2D eigenvalue weighted by atomic mass is 16.3. The van der Waals surface area contributed by atoms with Crippen LogP contribution >= 0.6 is 0 Å². The molecule has 7 heteroatoms. The van der Waals surface area contributed by atoms with Crippen LogP contribution in [0.2, 0.25) is 0 Å². The SMILES string of the molecule is CCCCN(CCCC)c1ccc(C2C(=O)C(c3c(O)cc(N(C)CCCCCCCC[N+](C)(C)C)cc3O)=C2O)cc1. The van der Waals surface area contributed by atoms with Crippen molar-refractivity contribution >= 4 is 22.7 Å². The van der Waals surface area contributed by atoms with Crippen molar-refractivity contribution in [2.24, 2.45) is 0 Å². The van der Waals surface area contributed by atoms with Crippen LogP contribution in [0.25, 0.3) is 5.57 Å². The normalized spacial score (nSPS) is 15.1. The van der Waals surface area contributed by atoms with E-state index < -0.39 is 5.92 Å². The van der Waals surface area contributed by atoms with Gasteiger partial charge >= 0.3 is 0 Å². The fraction of sp³-hybridized carbons (Fsp3) is 0.583. The van der Waals surface area contributed by atoms with E-state index in [1.165, 1.54) is 32.2 Å². The van der Waals surface area contributed by atoms with Crippen molar-refractivity contribution in [2.45, 2.75) is 84.0 Å². The minimum Gasteiger partial charge on any atom is -0.510 e. The Bertz CT molecular complexity index is 1180. The molecule has 2 aromatic rings. The van der Waals surface area contributed by atoms with E-state index in [-0.39, 0.29) is 34.2 Å². The molecule has 0 radical (unpaired) electrons. The average molecular weight is 595 g/mol. The third-order valence-electron chi connectivity index (χ3n) is 8.54. The highest BCUT2D eigenvalue weighted by molar-refractivity contribution is 6.33. The molecule has 7 nitrogen and oxygen atoms in total. The second-order valence-corrected chi connectivity index (χ2v) is 13.3. The van der Waals surface area contributed by atoms with Gasteiger partial charge in [0.1, 0.15) is 23.2 Å². The summed E-state index contributed by atoms with van der Waals surface area (Å²) in [6, 6.07) is 11.0. The van der Waals surface area contributed by atoms with Gasteiger partial charge in [-0.25, -0.2) is 0 Å². The van der Waals surface area contributed by atoms with Gasteiger partial charge in [-0.1, -0.05) is 58.1 Å². The Morgan fingerprint density at radius 3 is 1.77 bits per heavy atom. The molecule has 0 heterocycles. The molecule has 0 aromatic heterocycles. The fourth-order valence-corrected chi connectivity index (χ4v) is 5.81. The number of anilines is 2. The zero-order valence-electron chi connectivity index (χ0n) is 27.5. The van der Waals surface area contributed by atoms with Crippen molar-refractivity contribution in [3.8, 4) is 11.5 Å². The summed E-state index contributed by atoms with van der Waals surface area (Å²) in [7, 11) is 8.63. The van der Waals surface area contributed by atoms with Crippen molar-refractivity contribution in [3.05, 3.63) is 53.3 Å². The Morgan fingerprint density at radius 1 is 0.721 bits per heavy atom. The predicted octanol–water partition coefficient (Wildman–Crippen LogP) is 7.62. The van der Waals surface area contributed by atoms with Crippen LogP contribution in [0.5, 0.6) is 11.5 Å². The summed E-state index contributed by atoms with van der Waals surface area (Å²) in [5.41, 5.74) is 2.51. The number of carbonyl (C=O) groups excluding carboxylic acids is 1. The largest absolute Gasteiger partial charge is 0.510 e. The molecule has 2 aromatic carbocycles. The van der Waals surface area contributed by atoms with Crippen molar-refractivity contribution < 1.29 is 24.6 Å². The second-order valence-electron chi connectivity index (χ2n) is 13.3. The summed E-state index contributed by atoms with van der Waals surface area (Å²) in [5, 5.41) is 32.7. The van der Waals surface area contributed by atoms with Crippen LogP contribution in [0.1, 0.15) is 95.1 Å². The van der Waals surface area contributed by atoms with E-state index in [9.17, 15) is 20.1 Å². The number of unbranched alkanes of at least 4 members (excludes halogenated alkanes) is 7. The highest BCUT2D eigenvalue weighted by Crippen LogP contribution is 2.49. The van der Waals surface area contributed by atoms with Crippen LogP contribution in [0.15, 0.2) is 42.2 Å². The molecule has 238 valence electrons. The zero-order chi connectivity index (χ0) is 31.6. The van der Waals surface area contributed by atoms with Crippen LogP contribution in [0.4, 0.5) is 11.4 Å². The van der Waals surface area contributed by atoms with Crippen molar-refractivity contribution in [2.75, 3.05) is 64.2 Å². The molecule has 3 N–H and O–H groups in total. The number of nitrogens with zero attached hydrogens (tertiary/aromatic N) is 3. The summed E-state index contributed by atoms with van der Waals surface area (Å²) >= 11 is 0. The van der Waals surface area contributed by atoms with E-state index in [1.807, 2.05) is 36.2 Å². The molecule has 0 fully saturated rings. The third kappa shape index (κ3) is 9.40. The minimum absolute atomic E-state index is 0.00365. The van der Waals surface area contributed by atoms with Gasteiger partial charge in [-0.2, -0.15) is 0 Å². The molecule has 1 aliphatic carbocycles. The number of hydrogen-bond donors (Lipinski definition) is 3. The smallest absolute Gasteiger partial charge is 0.182 e. The lowest BCUT2D eigenvalue weighted by Gasteiger charge is -2.30. The first-order valence-electron chi connectivity index (χ1n) is 16.4. The van der Waals surface area contributed by atoms with Crippen LogP contribution < -0.4 is 9.80 Å². The van der Waals surface area contributed by atoms with Crippen molar-refractivity contribution in [1.29, 1.82) is 0 Å². The number of benzene rings is 2. The monoisotopic (exact) mass is 594 g/mol. The number of hydrogen-bond acceptors (Lipinski definition) is 6. The maximum absolute atomic E-state index is 13.3. The molecule has 3 rings (SSSR count). The molecule has 43 heavy (non-hydrogen) atoms. The number of ketones is 1. The van der Waals surface area contributed by atoms with Gasteiger partial charge in [0.05, 0.1) is 38.8 Å². The molecule has 0 saturated carbocycles. The predicted molar refractivity (Wildman–Crippen MR) is 179 cm³/mol. The van der Waals surface area contributed by atoms with E-state index in [1.54, 1.807) is 12.1 Å². The average Bonchev–Trinajstić information content (AvgIpc) is 2.96. The topological polar surface area (TPSA) is 84.2 Å². The quantitative estimate of drug-likeness (QED) is 0.115. The Labute approximate surface area is 260 Å². The maximum Gasteiger partial charge on any atom is 0.182 e. The van der Waals surface area contributed by atoms with E-state index in [2.05, 4.69) is 39.9 Å². The van der Waals surface area contributed by atoms with Gasteiger partial charge in [-0.15, -0.1) is 0 Å². The molecule has 0 spiro atoms. The highest BCUT2D eigenvalue weighted by Gasteiger charge is 2.43. The standard InChI is InChI=1S/C36H55N3O4/c1-7-9-22-38(23-10-8-2)28-19-17-27(18-20-28)32-35(42)34(36(32)43)33-30(40)25-29(26-31(33)41)37(3)21-15-13-11-12-14-16-24-39(4,5)6/h17-20,25-26,32H,7-16,21-24H2,1-6H3,(H2-,40,41,42,43)/p+1. The lowest BCUT2D eigenvalue weighted by molar-refractivity contribution is -0.870. The van der Waals surface area contributed by atoms with E-state index >= 15 is 0 Å². The van der Waals surface area contributed by atoms with Gasteiger partial charge in [0.15, 0.2) is 5.78 Å². The van der Waals surface area contributed by atoms with Crippen LogP contribution in [0, 0.1) is 0 Å². The molecule has 1 aliphatic rings. The fourth-order valence-electron chi connectivity index (χ4n) is 5.81. The minimum atomic E-state index is -0.780. The van der Waals surface area contributed by atoms with E-state index in [0.29, 0.717) is 11.3 Å². The number of phenolic OH excluding ortho intramolecular Hbond substituents is 2. The summed E-state index contributed by atoms with van der Waals surface area (Å²) in [5.74, 6) is -1.60. The molecule has 0 aliphatic heterocycles. The lowest BCUT2D eigenvalue weighted by Crippen LogP contribution is -2.35. The maximum atomic E-state index is 13.3.